The van der Waals surface area contributed by atoms with Crippen LogP contribution in [0.5, 0.6) is 0 Å². The van der Waals surface area contributed by atoms with Crippen LogP contribution in [-0.4, -0.2) is 26.7 Å². The first kappa shape index (κ1) is 7.92. The summed E-state index contributed by atoms with van der Waals surface area (Å²) >= 11 is 0. The average Bonchev–Trinajstić information content (AvgIpc) is 1.68. The highest BCUT2D eigenvalue weighted by molar-refractivity contribution is 4.20. The Morgan fingerprint density at radius 3 is 2.38 bits per heavy atom. The summed E-state index contributed by atoms with van der Waals surface area (Å²) in [5, 5.41) is 0. The molecule has 8 heavy (non-hydrogen) atoms. The normalized spacial score (nSPS) is 13.9. The molecule has 0 amide bonds. The third-order valence-corrected chi connectivity index (χ3v) is 1.28. The summed E-state index contributed by atoms with van der Waals surface area (Å²) in [7, 11) is 2.22. The van der Waals surface area contributed by atoms with Crippen molar-refractivity contribution in [3.05, 3.63) is 0 Å². The van der Waals surface area contributed by atoms with E-state index in [-0.39, 0.29) is 0 Å². The Kier molecular flexibility index (Phi) is 5.01. The molecule has 0 aromatic rings. The van der Waals surface area contributed by atoms with E-state index in [4.69, 9.17) is 0 Å². The van der Waals surface area contributed by atoms with Crippen LogP contribution in [0.1, 0.15) is 13.3 Å². The Bertz CT molecular complexity index is 39.8. The Hall–Kier alpha value is -0.0800. The van der Waals surface area contributed by atoms with Gasteiger partial charge in [0.25, 0.3) is 0 Å². The quantitative estimate of drug-likeness (QED) is 0.434. The minimum absolute atomic E-state index is 1.06. The number of rotatable bonds is 4. The number of hydrogen-bond acceptors (Lipinski definition) is 0. The molecule has 0 fully saturated rings. The van der Waals surface area contributed by atoms with Crippen LogP contribution in [0.2, 0.25) is 0 Å². The molecule has 0 bridgehead atoms. The Morgan fingerprint density at radius 1 is 1.38 bits per heavy atom. The largest absolute Gasteiger partial charge is 0.353 e. The zero-order chi connectivity index (χ0) is 6.41. The maximum Gasteiger partial charge on any atom is 0.127 e. The summed E-state index contributed by atoms with van der Waals surface area (Å²) in [4.78, 5) is 1.60. The molecule has 0 aromatic heterocycles. The molecular formula is C6H18N2+2. The van der Waals surface area contributed by atoms with Gasteiger partial charge in [-0.3, -0.25) is 0 Å². The zero-order valence-corrected chi connectivity index (χ0v) is 6.04. The van der Waals surface area contributed by atoms with Gasteiger partial charge in [0.05, 0.1) is 13.6 Å². The van der Waals surface area contributed by atoms with Gasteiger partial charge < -0.3 is 10.6 Å². The maximum absolute atomic E-state index is 3.79. The van der Waals surface area contributed by atoms with Crippen LogP contribution < -0.4 is 10.6 Å². The second-order valence-corrected chi connectivity index (χ2v) is 2.31. The van der Waals surface area contributed by atoms with E-state index < -0.39 is 0 Å². The van der Waals surface area contributed by atoms with E-state index in [0.29, 0.717) is 0 Å². The highest BCUT2D eigenvalue weighted by Gasteiger charge is 1.95. The topological polar surface area (TPSA) is 32.1 Å². The summed E-state index contributed by atoms with van der Waals surface area (Å²) in [5.74, 6) is 0. The van der Waals surface area contributed by atoms with E-state index in [1.54, 1.807) is 4.90 Å². The summed E-state index contributed by atoms with van der Waals surface area (Å²) in [6, 6.07) is 0. The summed E-state index contributed by atoms with van der Waals surface area (Å²) in [6.07, 6.45) is 1.28. The fraction of sp³-hybridized carbons (Fsp3) is 1.00. The van der Waals surface area contributed by atoms with E-state index >= 15 is 0 Å². The van der Waals surface area contributed by atoms with Crippen LogP contribution in [0.25, 0.3) is 0 Å². The van der Waals surface area contributed by atoms with E-state index in [0.717, 1.165) is 6.54 Å². The minimum Gasteiger partial charge on any atom is -0.353 e. The van der Waals surface area contributed by atoms with Gasteiger partial charge in [-0.1, -0.05) is 6.92 Å². The number of quaternary nitrogens is 2. The summed E-state index contributed by atoms with van der Waals surface area (Å²) in [6.45, 7) is 5.78. The van der Waals surface area contributed by atoms with Crippen LogP contribution >= 0.6 is 0 Å². The van der Waals surface area contributed by atoms with Crippen molar-refractivity contribution in [1.29, 1.82) is 0 Å². The van der Waals surface area contributed by atoms with Gasteiger partial charge in [0, 0.05) is 0 Å². The highest BCUT2D eigenvalue weighted by Crippen LogP contribution is 1.59. The van der Waals surface area contributed by atoms with Crippen molar-refractivity contribution in [2.45, 2.75) is 13.3 Å². The van der Waals surface area contributed by atoms with E-state index in [1.165, 1.54) is 19.5 Å². The maximum atomic E-state index is 3.79. The first-order chi connectivity index (χ1) is 3.81. The van der Waals surface area contributed by atoms with Crippen molar-refractivity contribution >= 4 is 0 Å². The van der Waals surface area contributed by atoms with Gasteiger partial charge in [0.1, 0.15) is 13.1 Å². The lowest BCUT2D eigenvalue weighted by Gasteiger charge is -2.08. The van der Waals surface area contributed by atoms with Gasteiger partial charge in [-0.15, -0.1) is 0 Å². The van der Waals surface area contributed by atoms with E-state index in [1.807, 2.05) is 0 Å². The minimum atomic E-state index is 1.06. The van der Waals surface area contributed by atoms with Crippen molar-refractivity contribution in [2.24, 2.45) is 0 Å². The van der Waals surface area contributed by atoms with Gasteiger partial charge in [0.15, 0.2) is 0 Å². The molecule has 0 aliphatic heterocycles. The second kappa shape index (κ2) is 5.06. The van der Waals surface area contributed by atoms with Crippen molar-refractivity contribution < 1.29 is 10.6 Å². The van der Waals surface area contributed by atoms with Gasteiger partial charge >= 0.3 is 0 Å². The van der Waals surface area contributed by atoms with Crippen LogP contribution in [0.15, 0.2) is 0 Å². The highest BCUT2D eigenvalue weighted by atomic mass is 15.1. The molecule has 0 aliphatic carbocycles. The fourth-order valence-corrected chi connectivity index (χ4v) is 0.854. The zero-order valence-electron chi connectivity index (χ0n) is 6.04. The molecule has 0 aliphatic rings. The molecule has 0 saturated carbocycles. The second-order valence-electron chi connectivity index (χ2n) is 2.31. The lowest BCUT2D eigenvalue weighted by Crippen LogP contribution is -3.10. The van der Waals surface area contributed by atoms with Crippen LogP contribution in [-0.2, 0) is 0 Å². The van der Waals surface area contributed by atoms with Crippen molar-refractivity contribution in [3.63, 3.8) is 0 Å². The summed E-state index contributed by atoms with van der Waals surface area (Å²) in [5.41, 5.74) is 3.79. The third-order valence-electron chi connectivity index (χ3n) is 1.28. The Balaban J connectivity index is 2.92. The van der Waals surface area contributed by atoms with Gasteiger partial charge in [-0.25, -0.2) is 0 Å². The number of hydrogen-bond donors (Lipinski definition) is 2. The average molecular weight is 118 g/mol. The van der Waals surface area contributed by atoms with Crippen LogP contribution in [0, 0.1) is 0 Å². The third kappa shape index (κ3) is 4.09. The fourth-order valence-electron chi connectivity index (χ4n) is 0.854. The lowest BCUT2D eigenvalue weighted by molar-refractivity contribution is -0.885. The monoisotopic (exact) mass is 118 g/mol. The molecule has 0 rings (SSSR count). The predicted octanol–water partition coefficient (Wildman–Crippen LogP) is -1.85. The molecule has 50 valence electrons. The first-order valence-electron chi connectivity index (χ1n) is 3.41. The molecule has 1 atom stereocenters. The molecule has 0 saturated heterocycles. The number of nitrogens with one attached hydrogen (secondary N) is 1. The van der Waals surface area contributed by atoms with Gasteiger partial charge in [-0.2, -0.15) is 0 Å². The molecule has 0 radical (unpaired) electrons. The molecule has 4 N–H and O–H groups in total. The van der Waals surface area contributed by atoms with Gasteiger partial charge in [-0.05, 0) is 6.42 Å². The number of likely N-dealkylation sites (N-methyl/N-ethyl adjacent to an activating group) is 1. The molecule has 0 heterocycles. The molecule has 2 nitrogen and oxygen atoms in total. The van der Waals surface area contributed by atoms with Gasteiger partial charge in [0.2, 0.25) is 0 Å². The van der Waals surface area contributed by atoms with Crippen LogP contribution in [0.4, 0.5) is 0 Å². The molecule has 1 unspecified atom stereocenters. The van der Waals surface area contributed by atoms with Crippen molar-refractivity contribution in [1.82, 2.24) is 0 Å². The van der Waals surface area contributed by atoms with Crippen LogP contribution in [0.3, 0.4) is 0 Å². The van der Waals surface area contributed by atoms with Crippen molar-refractivity contribution in [3.8, 4) is 0 Å². The molecule has 0 spiro atoms. The molecule has 2 heteroatoms. The van der Waals surface area contributed by atoms with E-state index in [9.17, 15) is 0 Å². The smallest absolute Gasteiger partial charge is 0.127 e. The predicted molar refractivity (Wildman–Crippen MR) is 34.7 cm³/mol. The first-order valence-corrected chi connectivity index (χ1v) is 3.41. The standard InChI is InChI=1S/C6H16N2/c1-3-5-8(2)6-4-7/h3-7H2,1-2H3/p+2. The SMILES string of the molecule is CCC[NH+](C)CC[NH3+]. The summed E-state index contributed by atoms with van der Waals surface area (Å²) < 4.78 is 0. The Labute approximate surface area is 51.7 Å². The molecule has 0 aromatic carbocycles. The lowest BCUT2D eigenvalue weighted by atomic mass is 10.4. The molecular weight excluding hydrogens is 100 g/mol. The van der Waals surface area contributed by atoms with E-state index in [2.05, 4.69) is 19.7 Å². The van der Waals surface area contributed by atoms with Crippen molar-refractivity contribution in [2.75, 3.05) is 26.7 Å². The Morgan fingerprint density at radius 2 is 2.00 bits per heavy atom.